The van der Waals surface area contributed by atoms with Crippen molar-refractivity contribution in [1.82, 2.24) is 9.80 Å². The Morgan fingerprint density at radius 2 is 2.05 bits per heavy atom. The van der Waals surface area contributed by atoms with Gasteiger partial charge in [0.1, 0.15) is 5.60 Å². The number of carbonyl (C=O) groups excluding carboxylic acids is 2. The molecule has 1 aliphatic heterocycles. The summed E-state index contributed by atoms with van der Waals surface area (Å²) in [6.07, 6.45) is 1.70. The summed E-state index contributed by atoms with van der Waals surface area (Å²) >= 11 is 0. The van der Waals surface area contributed by atoms with E-state index in [0.717, 1.165) is 19.4 Å². The van der Waals surface area contributed by atoms with Gasteiger partial charge in [0, 0.05) is 26.2 Å². The molecule has 0 unspecified atom stereocenters. The monoisotopic (exact) mass is 299 g/mol. The Hall–Kier alpha value is -1.30. The van der Waals surface area contributed by atoms with E-state index in [9.17, 15) is 9.59 Å². The lowest BCUT2D eigenvalue weighted by Gasteiger charge is -2.35. The van der Waals surface area contributed by atoms with Gasteiger partial charge in [0.2, 0.25) is 5.91 Å². The second-order valence-corrected chi connectivity index (χ2v) is 6.57. The topological polar surface area (TPSA) is 75.9 Å². The predicted molar refractivity (Wildman–Crippen MR) is 81.8 cm³/mol. The molecule has 0 aromatic heterocycles. The van der Waals surface area contributed by atoms with Gasteiger partial charge in [-0.15, -0.1) is 0 Å². The van der Waals surface area contributed by atoms with Gasteiger partial charge in [-0.2, -0.15) is 0 Å². The molecule has 0 aromatic rings. The van der Waals surface area contributed by atoms with Crippen LogP contribution >= 0.6 is 0 Å². The van der Waals surface area contributed by atoms with Crippen molar-refractivity contribution in [1.29, 1.82) is 0 Å². The fraction of sp³-hybridized carbons (Fsp3) is 0.867. The number of amides is 2. The van der Waals surface area contributed by atoms with Gasteiger partial charge in [-0.05, 0) is 46.5 Å². The van der Waals surface area contributed by atoms with Gasteiger partial charge in [-0.3, -0.25) is 4.79 Å². The summed E-state index contributed by atoms with van der Waals surface area (Å²) in [6, 6.07) is 0. The van der Waals surface area contributed by atoms with Crippen LogP contribution < -0.4 is 5.73 Å². The van der Waals surface area contributed by atoms with E-state index in [1.165, 1.54) is 0 Å². The lowest BCUT2D eigenvalue weighted by atomic mass is 9.97. The number of rotatable bonds is 4. The van der Waals surface area contributed by atoms with Crippen molar-refractivity contribution in [2.75, 3.05) is 32.7 Å². The van der Waals surface area contributed by atoms with E-state index >= 15 is 0 Å². The van der Waals surface area contributed by atoms with Crippen molar-refractivity contribution in [2.24, 2.45) is 11.7 Å². The Labute approximate surface area is 127 Å². The van der Waals surface area contributed by atoms with Gasteiger partial charge >= 0.3 is 6.09 Å². The molecular formula is C15H29N3O3. The van der Waals surface area contributed by atoms with E-state index in [4.69, 9.17) is 10.5 Å². The third-order valence-corrected chi connectivity index (χ3v) is 3.56. The molecule has 0 saturated carbocycles. The number of hydrogen-bond acceptors (Lipinski definition) is 4. The van der Waals surface area contributed by atoms with Crippen LogP contribution in [0.2, 0.25) is 0 Å². The molecule has 0 radical (unpaired) electrons. The molecule has 1 rings (SSSR count). The normalized spacial score (nSPS) is 19.3. The van der Waals surface area contributed by atoms with Gasteiger partial charge < -0.3 is 20.3 Å². The lowest BCUT2D eigenvalue weighted by Crippen LogP contribution is -2.47. The summed E-state index contributed by atoms with van der Waals surface area (Å²) in [4.78, 5) is 27.3. The van der Waals surface area contributed by atoms with Crippen LogP contribution in [0.25, 0.3) is 0 Å². The van der Waals surface area contributed by atoms with Gasteiger partial charge in [0.05, 0.1) is 6.54 Å². The number of nitrogens with zero attached hydrogens (tertiary/aromatic N) is 2. The molecular weight excluding hydrogens is 270 g/mol. The number of nitrogens with two attached hydrogens (primary N) is 1. The van der Waals surface area contributed by atoms with Gasteiger partial charge in [-0.1, -0.05) is 0 Å². The van der Waals surface area contributed by atoms with Crippen molar-refractivity contribution in [3.63, 3.8) is 0 Å². The van der Waals surface area contributed by atoms with Crippen LogP contribution in [0, 0.1) is 5.92 Å². The Kier molecular flexibility index (Phi) is 6.45. The standard InChI is InChI=1S/C15H29N3O3/c1-5-17(14(20)21-15(2,3)4)10-12-7-6-8-18(11-12)13(19)9-16/h12H,5-11,16H2,1-4H3/t12-/m1/s1. The van der Waals surface area contributed by atoms with E-state index < -0.39 is 5.60 Å². The number of hydrogen-bond donors (Lipinski definition) is 1. The van der Waals surface area contributed by atoms with Crippen molar-refractivity contribution >= 4 is 12.0 Å². The zero-order valence-electron chi connectivity index (χ0n) is 13.7. The largest absolute Gasteiger partial charge is 0.444 e. The number of piperidine rings is 1. The van der Waals surface area contributed by atoms with Crippen molar-refractivity contribution in [3.05, 3.63) is 0 Å². The minimum atomic E-state index is -0.487. The fourth-order valence-corrected chi connectivity index (χ4v) is 2.54. The SMILES string of the molecule is CCN(C[C@H]1CCCN(C(=O)CN)C1)C(=O)OC(C)(C)C. The molecule has 2 amide bonds. The molecule has 0 bridgehead atoms. The maximum atomic E-state index is 12.1. The van der Waals surface area contributed by atoms with Crippen LogP contribution in [0.15, 0.2) is 0 Å². The van der Waals surface area contributed by atoms with Gasteiger partial charge in [-0.25, -0.2) is 4.79 Å². The van der Waals surface area contributed by atoms with Crippen LogP contribution in [-0.4, -0.2) is 60.1 Å². The molecule has 2 N–H and O–H groups in total. The molecule has 21 heavy (non-hydrogen) atoms. The summed E-state index contributed by atoms with van der Waals surface area (Å²) in [7, 11) is 0. The van der Waals surface area contributed by atoms with Crippen LogP contribution in [-0.2, 0) is 9.53 Å². The van der Waals surface area contributed by atoms with E-state index in [1.54, 1.807) is 9.80 Å². The molecule has 1 aliphatic rings. The van der Waals surface area contributed by atoms with E-state index in [2.05, 4.69) is 0 Å². The highest BCUT2D eigenvalue weighted by Gasteiger charge is 2.27. The zero-order valence-corrected chi connectivity index (χ0v) is 13.7. The first-order chi connectivity index (χ1) is 9.76. The quantitative estimate of drug-likeness (QED) is 0.852. The van der Waals surface area contributed by atoms with Crippen molar-refractivity contribution < 1.29 is 14.3 Å². The molecule has 0 spiro atoms. The third-order valence-electron chi connectivity index (χ3n) is 3.56. The number of carbonyl (C=O) groups is 2. The molecule has 6 heteroatoms. The van der Waals surface area contributed by atoms with Gasteiger partial charge in [0.25, 0.3) is 0 Å². The highest BCUT2D eigenvalue weighted by molar-refractivity contribution is 5.78. The van der Waals surface area contributed by atoms with Crippen LogP contribution in [0.3, 0.4) is 0 Å². The Morgan fingerprint density at radius 3 is 2.57 bits per heavy atom. The smallest absolute Gasteiger partial charge is 0.410 e. The van der Waals surface area contributed by atoms with Crippen LogP contribution in [0.5, 0.6) is 0 Å². The third kappa shape index (κ3) is 5.91. The van der Waals surface area contributed by atoms with Crippen LogP contribution in [0.4, 0.5) is 4.79 Å². The summed E-state index contributed by atoms with van der Waals surface area (Å²) < 4.78 is 5.41. The summed E-state index contributed by atoms with van der Waals surface area (Å²) in [6.45, 7) is 10.3. The maximum Gasteiger partial charge on any atom is 0.410 e. The maximum absolute atomic E-state index is 12.1. The van der Waals surface area contributed by atoms with E-state index in [-0.39, 0.29) is 18.5 Å². The minimum Gasteiger partial charge on any atom is -0.444 e. The molecule has 122 valence electrons. The number of ether oxygens (including phenoxy) is 1. The first-order valence-electron chi connectivity index (χ1n) is 7.72. The average molecular weight is 299 g/mol. The zero-order chi connectivity index (χ0) is 16.0. The summed E-state index contributed by atoms with van der Waals surface area (Å²) in [5.74, 6) is 0.279. The highest BCUT2D eigenvalue weighted by atomic mass is 16.6. The minimum absolute atomic E-state index is 0.0139. The predicted octanol–water partition coefficient (Wildman–Crippen LogP) is 1.44. The number of likely N-dealkylation sites (tertiary alicyclic amines) is 1. The van der Waals surface area contributed by atoms with E-state index in [0.29, 0.717) is 25.6 Å². The van der Waals surface area contributed by atoms with E-state index in [1.807, 2.05) is 27.7 Å². The fourth-order valence-electron chi connectivity index (χ4n) is 2.54. The first kappa shape index (κ1) is 17.8. The van der Waals surface area contributed by atoms with Crippen LogP contribution in [0.1, 0.15) is 40.5 Å². The molecule has 6 nitrogen and oxygen atoms in total. The highest BCUT2D eigenvalue weighted by Crippen LogP contribution is 2.19. The van der Waals surface area contributed by atoms with Crippen molar-refractivity contribution in [2.45, 2.75) is 46.1 Å². The van der Waals surface area contributed by atoms with Crippen molar-refractivity contribution in [3.8, 4) is 0 Å². The molecule has 0 aromatic carbocycles. The molecule has 0 aliphatic carbocycles. The Morgan fingerprint density at radius 1 is 1.38 bits per heavy atom. The van der Waals surface area contributed by atoms with Gasteiger partial charge in [0.15, 0.2) is 0 Å². The molecule has 1 fully saturated rings. The molecule has 1 heterocycles. The Balaban J connectivity index is 2.56. The molecule has 1 atom stereocenters. The second-order valence-electron chi connectivity index (χ2n) is 6.57. The average Bonchev–Trinajstić information content (AvgIpc) is 2.42. The summed E-state index contributed by atoms with van der Waals surface area (Å²) in [5, 5.41) is 0. The Bertz CT molecular complexity index is 366. The summed E-state index contributed by atoms with van der Waals surface area (Å²) in [5.41, 5.74) is 4.93. The molecule has 1 saturated heterocycles. The second kappa shape index (κ2) is 7.64. The lowest BCUT2D eigenvalue weighted by molar-refractivity contribution is -0.131. The first-order valence-corrected chi connectivity index (χ1v) is 7.72.